The molecule has 0 aromatic heterocycles. The van der Waals surface area contributed by atoms with E-state index in [9.17, 15) is 5.11 Å². The molecule has 3 aliphatic rings. The van der Waals surface area contributed by atoms with Crippen LogP contribution in [0.25, 0.3) is 0 Å². The lowest BCUT2D eigenvalue weighted by Gasteiger charge is -2.44. The third-order valence-electron chi connectivity index (χ3n) is 4.84. The Hall–Kier alpha value is 0.230. The second kappa shape index (κ2) is 4.41. The predicted molar refractivity (Wildman–Crippen MR) is 68.3 cm³/mol. The molecule has 3 heterocycles. The molecule has 4 unspecified atom stereocenters. The van der Waals surface area contributed by atoms with Gasteiger partial charge in [-0.15, -0.1) is 0 Å². The molecule has 3 nitrogen and oxygen atoms in total. The zero-order valence-electron chi connectivity index (χ0n) is 10.5. The number of thioether (sulfide) groups is 1. The van der Waals surface area contributed by atoms with E-state index >= 15 is 0 Å². The lowest BCUT2D eigenvalue weighted by Crippen LogP contribution is -2.51. The van der Waals surface area contributed by atoms with Crippen molar-refractivity contribution >= 4 is 11.8 Å². The van der Waals surface area contributed by atoms with Gasteiger partial charge >= 0.3 is 0 Å². The second-order valence-electron chi connectivity index (χ2n) is 5.78. The average molecular weight is 258 g/mol. The third-order valence-corrected chi connectivity index (χ3v) is 6.19. The van der Waals surface area contributed by atoms with E-state index in [0.717, 1.165) is 51.3 Å². The fraction of sp³-hybridized carbons (Fsp3) is 1.00. The van der Waals surface area contributed by atoms with E-state index < -0.39 is 5.60 Å². The Bertz CT molecular complexity index is 290. The van der Waals surface area contributed by atoms with Gasteiger partial charge in [-0.2, -0.15) is 11.8 Å². The van der Waals surface area contributed by atoms with Crippen LogP contribution in [0.3, 0.4) is 0 Å². The van der Waals surface area contributed by atoms with Crippen LogP contribution in [-0.2, 0) is 9.47 Å². The molecule has 0 aromatic carbocycles. The van der Waals surface area contributed by atoms with Crippen molar-refractivity contribution < 1.29 is 14.6 Å². The maximum absolute atomic E-state index is 10.9. The number of ether oxygens (including phenoxy) is 2. The monoisotopic (exact) mass is 258 g/mol. The molecule has 3 aliphatic heterocycles. The van der Waals surface area contributed by atoms with Gasteiger partial charge in [0, 0.05) is 24.9 Å². The molecule has 3 rings (SSSR count). The highest BCUT2D eigenvalue weighted by atomic mass is 32.2. The molecule has 0 aliphatic carbocycles. The Morgan fingerprint density at radius 3 is 2.82 bits per heavy atom. The maximum atomic E-state index is 10.9. The third kappa shape index (κ3) is 2.03. The van der Waals surface area contributed by atoms with Gasteiger partial charge in [0.15, 0.2) is 0 Å². The summed E-state index contributed by atoms with van der Waals surface area (Å²) in [6.45, 7) is 4.50. The lowest BCUT2D eigenvalue weighted by atomic mass is 9.73. The van der Waals surface area contributed by atoms with Crippen molar-refractivity contribution in [3.63, 3.8) is 0 Å². The highest BCUT2D eigenvalue weighted by molar-refractivity contribution is 8.00. The molecule has 4 atom stereocenters. The van der Waals surface area contributed by atoms with Gasteiger partial charge in [-0.05, 0) is 30.9 Å². The molecular weight excluding hydrogens is 236 g/mol. The van der Waals surface area contributed by atoms with Crippen molar-refractivity contribution in [1.29, 1.82) is 0 Å². The molecule has 3 saturated heterocycles. The van der Waals surface area contributed by atoms with Crippen LogP contribution in [0.4, 0.5) is 0 Å². The summed E-state index contributed by atoms with van der Waals surface area (Å²) >= 11 is 1.91. The van der Waals surface area contributed by atoms with Gasteiger partial charge in [0.2, 0.25) is 0 Å². The summed E-state index contributed by atoms with van der Waals surface area (Å²) in [6, 6.07) is 0. The molecule has 0 bridgehead atoms. The first kappa shape index (κ1) is 12.3. The van der Waals surface area contributed by atoms with E-state index in [1.165, 1.54) is 0 Å². The predicted octanol–water partition coefficient (Wildman–Crippen LogP) is 1.83. The Labute approximate surface area is 107 Å². The van der Waals surface area contributed by atoms with E-state index in [-0.39, 0.29) is 5.60 Å². The van der Waals surface area contributed by atoms with Crippen molar-refractivity contribution in [2.75, 3.05) is 25.6 Å². The molecule has 17 heavy (non-hydrogen) atoms. The Morgan fingerprint density at radius 1 is 1.29 bits per heavy atom. The van der Waals surface area contributed by atoms with Crippen LogP contribution in [-0.4, -0.2) is 47.1 Å². The molecular formula is C13H22O3S. The quantitative estimate of drug-likeness (QED) is 0.779. The fourth-order valence-electron chi connectivity index (χ4n) is 3.60. The molecule has 0 radical (unpaired) electrons. The first-order valence-corrected chi connectivity index (χ1v) is 7.75. The van der Waals surface area contributed by atoms with Crippen molar-refractivity contribution in [2.45, 2.75) is 49.1 Å². The maximum Gasteiger partial charge on any atom is 0.0940 e. The van der Waals surface area contributed by atoms with Crippen LogP contribution in [0.1, 0.15) is 32.6 Å². The first-order chi connectivity index (χ1) is 8.15. The van der Waals surface area contributed by atoms with Gasteiger partial charge in [-0.1, -0.05) is 6.92 Å². The van der Waals surface area contributed by atoms with E-state index in [0.29, 0.717) is 11.2 Å². The number of aliphatic hydroxyl groups is 1. The van der Waals surface area contributed by atoms with Gasteiger partial charge < -0.3 is 14.6 Å². The molecule has 0 saturated carbocycles. The van der Waals surface area contributed by atoms with Crippen LogP contribution in [0.2, 0.25) is 0 Å². The van der Waals surface area contributed by atoms with Crippen LogP contribution >= 0.6 is 11.8 Å². The summed E-state index contributed by atoms with van der Waals surface area (Å²) in [5, 5.41) is 11.3. The number of hydrogen-bond acceptors (Lipinski definition) is 4. The standard InChI is InChI=1S/C13H22O3S/c1-10-13(14,4-7-17-10)11-2-5-16-12(8-11)3-6-15-9-12/h10-11,14H,2-9H2,1H3. The number of hydrogen-bond donors (Lipinski definition) is 1. The highest BCUT2D eigenvalue weighted by Gasteiger charge is 2.51. The van der Waals surface area contributed by atoms with Crippen LogP contribution in [0.5, 0.6) is 0 Å². The topological polar surface area (TPSA) is 38.7 Å². The second-order valence-corrected chi connectivity index (χ2v) is 7.23. The van der Waals surface area contributed by atoms with Crippen molar-refractivity contribution in [1.82, 2.24) is 0 Å². The molecule has 0 aromatic rings. The van der Waals surface area contributed by atoms with Gasteiger partial charge in [-0.25, -0.2) is 0 Å². The largest absolute Gasteiger partial charge is 0.388 e. The van der Waals surface area contributed by atoms with Gasteiger partial charge in [0.05, 0.1) is 17.8 Å². The minimum atomic E-state index is -0.468. The lowest BCUT2D eigenvalue weighted by molar-refractivity contribution is -0.141. The number of rotatable bonds is 1. The average Bonchev–Trinajstić information content (AvgIpc) is 2.89. The van der Waals surface area contributed by atoms with E-state index in [2.05, 4.69) is 6.92 Å². The normalized spacial score (nSPS) is 51.2. The molecule has 3 fully saturated rings. The Morgan fingerprint density at radius 2 is 2.18 bits per heavy atom. The summed E-state index contributed by atoms with van der Waals surface area (Å²) in [7, 11) is 0. The van der Waals surface area contributed by atoms with Crippen LogP contribution < -0.4 is 0 Å². The summed E-state index contributed by atoms with van der Waals surface area (Å²) in [6.07, 6.45) is 3.93. The van der Waals surface area contributed by atoms with Crippen molar-refractivity contribution in [3.05, 3.63) is 0 Å². The fourth-order valence-corrected chi connectivity index (χ4v) is 5.00. The molecule has 98 valence electrons. The summed E-state index contributed by atoms with van der Waals surface area (Å²) in [5.41, 5.74) is -0.546. The van der Waals surface area contributed by atoms with E-state index in [4.69, 9.17) is 9.47 Å². The van der Waals surface area contributed by atoms with Crippen LogP contribution in [0, 0.1) is 5.92 Å². The summed E-state index contributed by atoms with van der Waals surface area (Å²) < 4.78 is 11.5. The van der Waals surface area contributed by atoms with Gasteiger partial charge in [0.1, 0.15) is 0 Å². The molecule has 1 spiro atoms. The molecule has 1 N–H and O–H groups in total. The molecule has 4 heteroatoms. The highest BCUT2D eigenvalue weighted by Crippen LogP contribution is 2.48. The minimum absolute atomic E-state index is 0.0778. The minimum Gasteiger partial charge on any atom is -0.388 e. The van der Waals surface area contributed by atoms with Gasteiger partial charge in [-0.3, -0.25) is 0 Å². The Kier molecular flexibility index (Phi) is 3.18. The van der Waals surface area contributed by atoms with Crippen LogP contribution in [0.15, 0.2) is 0 Å². The zero-order chi connectivity index (χ0) is 11.9. The molecule has 0 amide bonds. The van der Waals surface area contributed by atoms with E-state index in [1.807, 2.05) is 11.8 Å². The Balaban J connectivity index is 1.75. The summed E-state index contributed by atoms with van der Waals surface area (Å²) in [5.74, 6) is 1.49. The van der Waals surface area contributed by atoms with Crippen molar-refractivity contribution in [2.24, 2.45) is 5.92 Å². The first-order valence-electron chi connectivity index (χ1n) is 6.70. The zero-order valence-corrected chi connectivity index (χ0v) is 11.3. The summed E-state index contributed by atoms with van der Waals surface area (Å²) in [4.78, 5) is 0. The van der Waals surface area contributed by atoms with Crippen molar-refractivity contribution in [3.8, 4) is 0 Å². The smallest absolute Gasteiger partial charge is 0.0940 e. The van der Waals surface area contributed by atoms with Gasteiger partial charge in [0.25, 0.3) is 0 Å². The van der Waals surface area contributed by atoms with E-state index in [1.54, 1.807) is 0 Å². The SMILES string of the molecule is CC1SCCC1(O)C1CCOC2(CCOC2)C1.